The maximum absolute atomic E-state index is 12.2. The van der Waals surface area contributed by atoms with E-state index >= 15 is 0 Å². The van der Waals surface area contributed by atoms with E-state index in [1.165, 1.54) is 12.5 Å². The van der Waals surface area contributed by atoms with Gasteiger partial charge in [0.2, 0.25) is 0 Å². The molecule has 2 aliphatic rings. The highest BCUT2D eigenvalue weighted by Crippen LogP contribution is 2.45. The van der Waals surface area contributed by atoms with Gasteiger partial charge in [0.1, 0.15) is 5.60 Å². The SMILES string of the molecule is CC(=O)OC(C)(C)[C@@H]1CC[C@H](C)C2=C(C1)[C@@H](C)CC2=O. The number of esters is 1. The first-order chi connectivity index (χ1) is 9.22. The Labute approximate surface area is 121 Å². The van der Waals surface area contributed by atoms with Gasteiger partial charge in [-0.3, -0.25) is 9.59 Å². The van der Waals surface area contributed by atoms with Crippen molar-refractivity contribution in [3.8, 4) is 0 Å². The van der Waals surface area contributed by atoms with Crippen LogP contribution in [0.5, 0.6) is 0 Å². The number of rotatable bonds is 2. The van der Waals surface area contributed by atoms with Gasteiger partial charge in [-0.2, -0.15) is 0 Å². The summed E-state index contributed by atoms with van der Waals surface area (Å²) in [6.45, 7) is 9.77. The van der Waals surface area contributed by atoms with E-state index in [2.05, 4.69) is 13.8 Å². The molecule has 3 nitrogen and oxygen atoms in total. The number of hydrogen-bond acceptors (Lipinski definition) is 3. The summed E-state index contributed by atoms with van der Waals surface area (Å²) >= 11 is 0. The van der Waals surface area contributed by atoms with Gasteiger partial charge in [-0.1, -0.05) is 19.4 Å². The topological polar surface area (TPSA) is 43.4 Å². The van der Waals surface area contributed by atoms with Crippen LogP contribution in [0.4, 0.5) is 0 Å². The Bertz CT molecular complexity index is 459. The minimum absolute atomic E-state index is 0.225. The molecule has 0 saturated carbocycles. The van der Waals surface area contributed by atoms with Gasteiger partial charge in [0.05, 0.1) is 0 Å². The lowest BCUT2D eigenvalue weighted by molar-refractivity contribution is -0.159. The number of allylic oxidation sites excluding steroid dienone is 2. The van der Waals surface area contributed by atoms with Crippen molar-refractivity contribution in [3.05, 3.63) is 11.1 Å². The summed E-state index contributed by atoms with van der Waals surface area (Å²) in [5, 5.41) is 0. The van der Waals surface area contributed by atoms with E-state index in [-0.39, 0.29) is 5.97 Å². The average Bonchev–Trinajstić information content (AvgIpc) is 2.47. The van der Waals surface area contributed by atoms with Crippen LogP contribution in [-0.2, 0) is 14.3 Å². The Morgan fingerprint density at radius 2 is 1.80 bits per heavy atom. The van der Waals surface area contributed by atoms with Crippen LogP contribution in [0.3, 0.4) is 0 Å². The van der Waals surface area contributed by atoms with E-state index in [4.69, 9.17) is 4.74 Å². The van der Waals surface area contributed by atoms with Crippen LogP contribution >= 0.6 is 0 Å². The van der Waals surface area contributed by atoms with Crippen LogP contribution in [0.1, 0.15) is 60.3 Å². The second-order valence-electron chi connectivity index (χ2n) is 7.04. The summed E-state index contributed by atoms with van der Waals surface area (Å²) in [5.41, 5.74) is 1.95. The smallest absolute Gasteiger partial charge is 0.303 e. The maximum atomic E-state index is 12.2. The quantitative estimate of drug-likeness (QED) is 0.724. The van der Waals surface area contributed by atoms with E-state index in [1.807, 2.05) is 13.8 Å². The van der Waals surface area contributed by atoms with E-state index in [1.54, 1.807) is 0 Å². The number of ketones is 1. The van der Waals surface area contributed by atoms with Gasteiger partial charge in [0.15, 0.2) is 5.78 Å². The third kappa shape index (κ3) is 2.82. The third-order valence-electron chi connectivity index (χ3n) is 5.03. The van der Waals surface area contributed by atoms with Crippen molar-refractivity contribution in [1.82, 2.24) is 0 Å². The van der Waals surface area contributed by atoms with Crippen molar-refractivity contribution in [2.24, 2.45) is 17.8 Å². The lowest BCUT2D eigenvalue weighted by atomic mass is 9.81. The van der Waals surface area contributed by atoms with Gasteiger partial charge in [0, 0.05) is 19.3 Å². The Balaban J connectivity index is 2.27. The molecule has 0 saturated heterocycles. The predicted molar refractivity (Wildman–Crippen MR) is 78.2 cm³/mol. The van der Waals surface area contributed by atoms with Crippen LogP contribution < -0.4 is 0 Å². The molecule has 2 aliphatic carbocycles. The summed E-state index contributed by atoms with van der Waals surface area (Å²) in [6, 6.07) is 0. The van der Waals surface area contributed by atoms with Crippen LogP contribution in [-0.4, -0.2) is 17.4 Å². The van der Waals surface area contributed by atoms with Gasteiger partial charge >= 0.3 is 5.97 Å². The predicted octanol–water partition coefficient (Wildman–Crippen LogP) is 3.67. The average molecular weight is 278 g/mol. The van der Waals surface area contributed by atoms with E-state index in [9.17, 15) is 9.59 Å². The lowest BCUT2D eigenvalue weighted by Crippen LogP contribution is -2.36. The van der Waals surface area contributed by atoms with E-state index in [0.29, 0.717) is 30.0 Å². The monoisotopic (exact) mass is 278 g/mol. The molecule has 0 N–H and O–H groups in total. The van der Waals surface area contributed by atoms with Crippen molar-refractivity contribution in [2.45, 2.75) is 65.9 Å². The van der Waals surface area contributed by atoms with E-state index in [0.717, 1.165) is 24.8 Å². The standard InChI is InChI=1S/C17H26O3/c1-10-6-7-13(17(4,5)20-12(3)18)9-14-11(2)8-15(19)16(10)14/h10-11,13H,6-9H2,1-5H3/t10-,11-,13+/m0/s1. The molecule has 0 aromatic heterocycles. The fourth-order valence-electron chi connectivity index (χ4n) is 3.87. The molecule has 3 atom stereocenters. The molecule has 0 spiro atoms. The first-order valence-electron chi connectivity index (χ1n) is 7.68. The minimum atomic E-state index is -0.459. The summed E-state index contributed by atoms with van der Waals surface area (Å²) in [7, 11) is 0. The van der Waals surface area contributed by atoms with Crippen molar-refractivity contribution in [1.29, 1.82) is 0 Å². The first-order valence-corrected chi connectivity index (χ1v) is 7.68. The zero-order valence-corrected chi connectivity index (χ0v) is 13.3. The van der Waals surface area contributed by atoms with Gasteiger partial charge in [-0.15, -0.1) is 0 Å². The zero-order valence-electron chi connectivity index (χ0n) is 13.3. The summed E-state index contributed by atoms with van der Waals surface area (Å²) in [5.74, 6) is 1.12. The largest absolute Gasteiger partial charge is 0.460 e. The second-order valence-corrected chi connectivity index (χ2v) is 7.04. The molecule has 0 unspecified atom stereocenters. The molecule has 112 valence electrons. The molecule has 0 radical (unpaired) electrons. The highest BCUT2D eigenvalue weighted by molar-refractivity contribution is 5.99. The number of Topliss-reactive ketones (excluding diaryl/α,β-unsaturated/α-hetero) is 1. The van der Waals surface area contributed by atoms with Gasteiger partial charge in [-0.05, 0) is 50.5 Å². The minimum Gasteiger partial charge on any atom is -0.460 e. The Kier molecular flexibility index (Phi) is 4.08. The maximum Gasteiger partial charge on any atom is 0.303 e. The van der Waals surface area contributed by atoms with Gasteiger partial charge in [-0.25, -0.2) is 0 Å². The number of hydrogen-bond donors (Lipinski definition) is 0. The molecule has 0 aromatic carbocycles. The second kappa shape index (κ2) is 5.34. The van der Waals surface area contributed by atoms with Gasteiger partial charge in [0.25, 0.3) is 0 Å². The molecule has 0 aliphatic heterocycles. The Morgan fingerprint density at radius 1 is 1.15 bits per heavy atom. The van der Waals surface area contributed by atoms with Crippen molar-refractivity contribution < 1.29 is 14.3 Å². The lowest BCUT2D eigenvalue weighted by Gasteiger charge is -2.34. The highest BCUT2D eigenvalue weighted by atomic mass is 16.6. The molecule has 2 rings (SSSR count). The molecule has 20 heavy (non-hydrogen) atoms. The molecular formula is C17H26O3. The molecule has 0 fully saturated rings. The normalized spacial score (nSPS) is 31.1. The first kappa shape index (κ1) is 15.3. The number of carbonyl (C=O) groups excluding carboxylic acids is 2. The molecule has 0 aromatic rings. The molecule has 3 heteroatoms. The van der Waals surface area contributed by atoms with Crippen LogP contribution in [0, 0.1) is 17.8 Å². The molecular weight excluding hydrogens is 252 g/mol. The fraction of sp³-hybridized carbons (Fsp3) is 0.765. The zero-order chi connectivity index (χ0) is 15.1. The molecule has 0 heterocycles. The summed E-state index contributed by atoms with van der Waals surface area (Å²) in [4.78, 5) is 23.5. The number of ether oxygens (including phenoxy) is 1. The summed E-state index contributed by atoms with van der Waals surface area (Å²) < 4.78 is 5.53. The number of carbonyl (C=O) groups is 2. The van der Waals surface area contributed by atoms with Crippen molar-refractivity contribution >= 4 is 11.8 Å². The van der Waals surface area contributed by atoms with Gasteiger partial charge < -0.3 is 4.74 Å². The van der Waals surface area contributed by atoms with Crippen LogP contribution in [0.2, 0.25) is 0 Å². The molecule has 0 amide bonds. The van der Waals surface area contributed by atoms with Crippen LogP contribution in [0.15, 0.2) is 11.1 Å². The molecule has 0 bridgehead atoms. The van der Waals surface area contributed by atoms with Crippen molar-refractivity contribution in [3.63, 3.8) is 0 Å². The Morgan fingerprint density at radius 3 is 2.40 bits per heavy atom. The third-order valence-corrected chi connectivity index (χ3v) is 5.03. The van der Waals surface area contributed by atoms with Crippen molar-refractivity contribution in [2.75, 3.05) is 0 Å². The Hall–Kier alpha value is -1.12. The van der Waals surface area contributed by atoms with Crippen LogP contribution in [0.25, 0.3) is 0 Å². The highest BCUT2D eigenvalue weighted by Gasteiger charge is 2.41. The fourth-order valence-corrected chi connectivity index (χ4v) is 3.87. The van der Waals surface area contributed by atoms with E-state index < -0.39 is 5.60 Å². The summed E-state index contributed by atoms with van der Waals surface area (Å²) in [6.07, 6.45) is 3.57.